The van der Waals surface area contributed by atoms with Gasteiger partial charge in [0.05, 0.1) is 30.0 Å². The minimum atomic E-state index is -5.59. The number of imidazole rings is 1. The van der Waals surface area contributed by atoms with Crippen LogP contribution in [-0.4, -0.2) is 38.6 Å². The zero-order chi connectivity index (χ0) is 27.9. The number of aryl methyl sites for hydroxylation is 2. The molecule has 0 saturated carbocycles. The quantitative estimate of drug-likeness (QED) is 0.281. The molecule has 0 aliphatic heterocycles. The second kappa shape index (κ2) is 9.93. The number of benzene rings is 2. The van der Waals surface area contributed by atoms with E-state index in [1.54, 1.807) is 29.0 Å². The summed E-state index contributed by atoms with van der Waals surface area (Å²) in [5.74, 6) is 0.837. The standard InChI is InChI=1S/C27H24F3N5O3S/c1-3-24-33-25-19(15-36)12-16(2)31-26(25)35(24)14-17-8-10-21-18(13-17)9-11-22(32-21)20-6-4-5-7-23(20)34-39(37,38)27(28,29)30/h4-13,34,36H,3,14-15H2,1-2H3. The van der Waals surface area contributed by atoms with Crippen LogP contribution < -0.4 is 4.72 Å². The van der Waals surface area contributed by atoms with Crippen LogP contribution in [0.1, 0.15) is 29.6 Å². The van der Waals surface area contributed by atoms with Crippen molar-refractivity contribution in [3.8, 4) is 11.3 Å². The van der Waals surface area contributed by atoms with E-state index in [1.807, 2.05) is 36.6 Å². The summed E-state index contributed by atoms with van der Waals surface area (Å²) in [4.78, 5) is 13.9. The second-order valence-corrected chi connectivity index (χ2v) is 10.7. The van der Waals surface area contributed by atoms with Crippen LogP contribution in [0, 0.1) is 6.92 Å². The highest BCUT2D eigenvalue weighted by Gasteiger charge is 2.46. The van der Waals surface area contributed by atoms with Crippen molar-refractivity contribution >= 4 is 37.8 Å². The topological polar surface area (TPSA) is 110 Å². The van der Waals surface area contributed by atoms with Crippen LogP contribution in [0.15, 0.2) is 60.7 Å². The summed E-state index contributed by atoms with van der Waals surface area (Å²) < 4.78 is 65.8. The van der Waals surface area contributed by atoms with Crippen molar-refractivity contribution < 1.29 is 26.7 Å². The number of hydrogen-bond acceptors (Lipinski definition) is 6. The average molecular weight is 556 g/mol. The summed E-state index contributed by atoms with van der Waals surface area (Å²) in [5.41, 5.74) is -0.708. The largest absolute Gasteiger partial charge is 0.516 e. The van der Waals surface area contributed by atoms with Gasteiger partial charge in [-0.15, -0.1) is 0 Å². The number of fused-ring (bicyclic) bond motifs is 2. The van der Waals surface area contributed by atoms with Crippen molar-refractivity contribution in [1.29, 1.82) is 0 Å². The van der Waals surface area contributed by atoms with E-state index in [4.69, 9.17) is 4.98 Å². The van der Waals surface area contributed by atoms with E-state index >= 15 is 0 Å². The van der Waals surface area contributed by atoms with E-state index in [2.05, 4.69) is 9.97 Å². The molecule has 3 aromatic heterocycles. The predicted molar refractivity (Wildman–Crippen MR) is 142 cm³/mol. The van der Waals surface area contributed by atoms with E-state index in [-0.39, 0.29) is 17.9 Å². The van der Waals surface area contributed by atoms with Gasteiger partial charge in [0.15, 0.2) is 5.65 Å². The molecule has 0 atom stereocenters. The van der Waals surface area contributed by atoms with Crippen molar-refractivity contribution in [2.24, 2.45) is 0 Å². The molecule has 2 N–H and O–H groups in total. The molecule has 12 heteroatoms. The lowest BCUT2D eigenvalue weighted by atomic mass is 10.1. The highest BCUT2D eigenvalue weighted by Crippen LogP contribution is 2.32. The highest BCUT2D eigenvalue weighted by atomic mass is 32.2. The number of halogens is 3. The predicted octanol–water partition coefficient (Wildman–Crippen LogP) is 5.32. The number of nitrogens with one attached hydrogen (secondary N) is 1. The number of nitrogens with zero attached hydrogens (tertiary/aromatic N) is 4. The Balaban J connectivity index is 1.50. The minimum Gasteiger partial charge on any atom is -0.392 e. The minimum absolute atomic E-state index is 0.134. The number of aliphatic hydroxyl groups is 1. The maximum Gasteiger partial charge on any atom is 0.516 e. The van der Waals surface area contributed by atoms with Crippen LogP contribution in [0.5, 0.6) is 0 Å². The maximum absolute atomic E-state index is 12.9. The molecule has 39 heavy (non-hydrogen) atoms. The van der Waals surface area contributed by atoms with Gasteiger partial charge in [-0.25, -0.2) is 15.0 Å². The van der Waals surface area contributed by atoms with E-state index in [0.717, 1.165) is 28.0 Å². The van der Waals surface area contributed by atoms with Gasteiger partial charge in [-0.1, -0.05) is 37.3 Å². The van der Waals surface area contributed by atoms with Gasteiger partial charge in [-0.05, 0) is 42.8 Å². The average Bonchev–Trinajstić information content (AvgIpc) is 3.24. The third-order valence-corrected chi connectivity index (χ3v) is 7.42. The fourth-order valence-electron chi connectivity index (χ4n) is 4.50. The Morgan fingerprint density at radius 1 is 1.00 bits per heavy atom. The third-order valence-electron chi connectivity index (χ3n) is 6.32. The van der Waals surface area contributed by atoms with Gasteiger partial charge >= 0.3 is 15.5 Å². The Bertz CT molecular complexity index is 1820. The van der Waals surface area contributed by atoms with Gasteiger partial charge in [0.1, 0.15) is 11.3 Å². The molecule has 3 heterocycles. The third kappa shape index (κ3) is 5.04. The monoisotopic (exact) mass is 555 g/mol. The molecular formula is C27H24F3N5O3S. The van der Waals surface area contributed by atoms with Gasteiger partial charge in [-0.3, -0.25) is 4.72 Å². The van der Waals surface area contributed by atoms with Crippen molar-refractivity contribution in [2.45, 2.75) is 38.9 Å². The number of hydrogen-bond donors (Lipinski definition) is 2. The fourth-order valence-corrected chi connectivity index (χ4v) is 5.08. The molecule has 0 unspecified atom stereocenters. The Hall–Kier alpha value is -4.03. The first kappa shape index (κ1) is 26.6. The van der Waals surface area contributed by atoms with Crippen LogP contribution in [0.4, 0.5) is 18.9 Å². The molecule has 5 aromatic rings. The fraction of sp³-hybridized carbons (Fsp3) is 0.222. The summed E-state index contributed by atoms with van der Waals surface area (Å²) in [5, 5.41) is 10.6. The van der Waals surface area contributed by atoms with Crippen LogP contribution in [0.3, 0.4) is 0 Å². The zero-order valence-corrected chi connectivity index (χ0v) is 21.8. The van der Waals surface area contributed by atoms with Crippen molar-refractivity contribution in [1.82, 2.24) is 19.5 Å². The molecule has 0 spiro atoms. The summed E-state index contributed by atoms with van der Waals surface area (Å²) >= 11 is 0. The van der Waals surface area contributed by atoms with Gasteiger partial charge < -0.3 is 9.67 Å². The summed E-state index contributed by atoms with van der Waals surface area (Å²) in [6.45, 7) is 4.22. The smallest absolute Gasteiger partial charge is 0.392 e. The Kier molecular flexibility index (Phi) is 6.77. The molecule has 0 saturated heterocycles. The number of para-hydroxylation sites is 1. The number of alkyl halides is 3. The summed E-state index contributed by atoms with van der Waals surface area (Å²) in [6, 6.07) is 16.7. The van der Waals surface area contributed by atoms with E-state index in [0.29, 0.717) is 35.3 Å². The molecule has 2 aromatic carbocycles. The molecule has 0 radical (unpaired) electrons. The van der Waals surface area contributed by atoms with Crippen molar-refractivity contribution in [3.05, 3.63) is 83.3 Å². The summed E-state index contributed by atoms with van der Waals surface area (Å²) in [7, 11) is -5.59. The van der Waals surface area contributed by atoms with Crippen LogP contribution in [0.2, 0.25) is 0 Å². The number of pyridine rings is 2. The van der Waals surface area contributed by atoms with Gasteiger partial charge in [-0.2, -0.15) is 21.6 Å². The molecule has 8 nitrogen and oxygen atoms in total. The van der Waals surface area contributed by atoms with Crippen molar-refractivity contribution in [3.63, 3.8) is 0 Å². The number of rotatable bonds is 7. The Morgan fingerprint density at radius 3 is 2.49 bits per heavy atom. The van der Waals surface area contributed by atoms with Gasteiger partial charge in [0.2, 0.25) is 0 Å². The lowest BCUT2D eigenvalue weighted by molar-refractivity contribution is -0.0429. The van der Waals surface area contributed by atoms with E-state index in [1.165, 1.54) is 18.2 Å². The molecule has 0 amide bonds. The molecule has 0 fully saturated rings. The number of aromatic nitrogens is 4. The summed E-state index contributed by atoms with van der Waals surface area (Å²) in [6.07, 6.45) is 0.677. The first-order valence-corrected chi connectivity index (χ1v) is 13.5. The second-order valence-electron chi connectivity index (χ2n) is 9.04. The molecule has 202 valence electrons. The SMILES string of the molecule is CCc1nc2c(CO)cc(C)nc2n1Cc1ccc2nc(-c3ccccc3NS(=O)(=O)C(F)(F)F)ccc2c1. The van der Waals surface area contributed by atoms with Crippen LogP contribution >= 0.6 is 0 Å². The molecule has 0 aliphatic carbocycles. The highest BCUT2D eigenvalue weighted by molar-refractivity contribution is 7.93. The Morgan fingerprint density at radius 2 is 1.77 bits per heavy atom. The van der Waals surface area contributed by atoms with Crippen LogP contribution in [0.25, 0.3) is 33.3 Å². The molecular weight excluding hydrogens is 531 g/mol. The molecule has 0 bridgehead atoms. The van der Waals surface area contributed by atoms with Gasteiger partial charge in [0, 0.05) is 28.6 Å². The first-order valence-electron chi connectivity index (χ1n) is 12.1. The lowest BCUT2D eigenvalue weighted by Crippen LogP contribution is -2.30. The first-order chi connectivity index (χ1) is 18.5. The molecule has 0 aliphatic rings. The zero-order valence-electron chi connectivity index (χ0n) is 21.0. The number of sulfonamides is 1. The van der Waals surface area contributed by atoms with Gasteiger partial charge in [0.25, 0.3) is 0 Å². The Labute approximate surface area is 222 Å². The lowest BCUT2D eigenvalue weighted by Gasteiger charge is -2.14. The molecule has 5 rings (SSSR count). The van der Waals surface area contributed by atoms with Crippen LogP contribution in [-0.2, 0) is 29.6 Å². The maximum atomic E-state index is 12.9. The van der Waals surface area contributed by atoms with E-state index < -0.39 is 15.5 Å². The number of anilines is 1. The van der Waals surface area contributed by atoms with E-state index in [9.17, 15) is 26.7 Å². The van der Waals surface area contributed by atoms with Crippen molar-refractivity contribution in [2.75, 3.05) is 4.72 Å². The number of aliphatic hydroxyl groups excluding tert-OH is 1. The normalized spacial score (nSPS) is 12.4.